The molecule has 1 N–H and O–H groups in total. The Balaban J connectivity index is 1.33. The fourth-order valence-electron chi connectivity index (χ4n) is 4.08. The first-order chi connectivity index (χ1) is 15.7. The number of piperidine rings is 1. The third-order valence-corrected chi connectivity index (χ3v) is 8.19. The van der Waals surface area contributed by atoms with E-state index in [0.29, 0.717) is 37.6 Å². The number of benzene rings is 2. The molecule has 1 fully saturated rings. The maximum Gasteiger partial charge on any atom is 0.223 e. The van der Waals surface area contributed by atoms with Crippen LogP contribution in [0, 0.1) is 11.7 Å². The van der Waals surface area contributed by atoms with Gasteiger partial charge >= 0.3 is 0 Å². The maximum atomic E-state index is 14.0. The molecular weight excluding hydrogens is 471 g/mol. The van der Waals surface area contributed by atoms with E-state index in [9.17, 15) is 17.6 Å². The van der Waals surface area contributed by atoms with E-state index < -0.39 is 21.6 Å². The highest BCUT2D eigenvalue weighted by molar-refractivity contribution is 7.88. The number of fused-ring (bicyclic) bond motifs is 1. The molecule has 4 rings (SSSR count). The highest BCUT2D eigenvalue weighted by Gasteiger charge is 2.32. The van der Waals surface area contributed by atoms with Gasteiger partial charge in [0.25, 0.3) is 0 Å². The minimum absolute atomic E-state index is 0.0349. The van der Waals surface area contributed by atoms with Crippen LogP contribution in [0.3, 0.4) is 0 Å². The van der Waals surface area contributed by atoms with Crippen molar-refractivity contribution < 1.29 is 27.1 Å². The van der Waals surface area contributed by atoms with Crippen LogP contribution < -0.4 is 14.8 Å². The second-order valence-electron chi connectivity index (χ2n) is 8.26. The number of halogens is 2. The van der Waals surface area contributed by atoms with E-state index in [-0.39, 0.29) is 41.5 Å². The molecule has 2 aliphatic rings. The summed E-state index contributed by atoms with van der Waals surface area (Å²) in [7, 11) is -3.75. The lowest BCUT2D eigenvalue weighted by molar-refractivity contribution is -0.126. The Morgan fingerprint density at radius 1 is 1.18 bits per heavy atom. The zero-order valence-corrected chi connectivity index (χ0v) is 19.8. The Morgan fingerprint density at radius 3 is 2.58 bits per heavy atom. The molecule has 0 unspecified atom stereocenters. The Hall–Kier alpha value is -2.36. The van der Waals surface area contributed by atoms with Gasteiger partial charge in [-0.25, -0.2) is 17.1 Å². The summed E-state index contributed by atoms with van der Waals surface area (Å²) in [4.78, 5) is 12.8. The van der Waals surface area contributed by atoms with Crippen LogP contribution in [0.15, 0.2) is 36.4 Å². The number of nitrogens with one attached hydrogen (secondary N) is 1. The summed E-state index contributed by atoms with van der Waals surface area (Å²) in [5, 5.41) is 3.09. The minimum Gasteiger partial charge on any atom is -0.486 e. The fraction of sp³-hybridized carbons (Fsp3) is 0.435. The molecule has 0 aromatic heterocycles. The molecule has 2 aromatic carbocycles. The van der Waals surface area contributed by atoms with Crippen molar-refractivity contribution in [2.24, 2.45) is 5.92 Å². The van der Waals surface area contributed by atoms with Crippen LogP contribution in [0.1, 0.15) is 36.9 Å². The van der Waals surface area contributed by atoms with Gasteiger partial charge in [-0.2, -0.15) is 0 Å². The molecule has 178 valence electrons. The molecule has 10 heteroatoms. The van der Waals surface area contributed by atoms with Crippen LogP contribution in [0.2, 0.25) is 5.02 Å². The van der Waals surface area contributed by atoms with Gasteiger partial charge < -0.3 is 14.8 Å². The third kappa shape index (κ3) is 5.42. The van der Waals surface area contributed by atoms with Gasteiger partial charge in [0.2, 0.25) is 15.9 Å². The van der Waals surface area contributed by atoms with Crippen molar-refractivity contribution in [3.63, 3.8) is 0 Å². The zero-order chi connectivity index (χ0) is 23.6. The minimum atomic E-state index is -3.75. The van der Waals surface area contributed by atoms with Crippen LogP contribution in [0.25, 0.3) is 0 Å². The van der Waals surface area contributed by atoms with E-state index in [0.717, 1.165) is 5.56 Å². The summed E-state index contributed by atoms with van der Waals surface area (Å²) in [5.41, 5.74) is 0.863. The van der Waals surface area contributed by atoms with E-state index in [1.165, 1.54) is 22.5 Å². The van der Waals surface area contributed by atoms with Crippen LogP contribution >= 0.6 is 11.6 Å². The van der Waals surface area contributed by atoms with Crippen LogP contribution in [-0.2, 0) is 20.6 Å². The van der Waals surface area contributed by atoms with Gasteiger partial charge in [-0.15, -0.1) is 0 Å². The molecule has 0 spiro atoms. The molecule has 0 radical (unpaired) electrons. The SMILES string of the molecule is C[C@H](NC(=O)C1CCN(S(=O)(=O)Cc2c(F)cccc2Cl)CC1)c1ccc2c(c1)OCCO2. The van der Waals surface area contributed by atoms with Gasteiger partial charge in [0.15, 0.2) is 11.5 Å². The molecule has 1 atom stereocenters. The third-order valence-electron chi connectivity index (χ3n) is 6.03. The number of hydrogen-bond acceptors (Lipinski definition) is 5. The van der Waals surface area contributed by atoms with Crippen molar-refractivity contribution in [2.45, 2.75) is 31.6 Å². The van der Waals surface area contributed by atoms with E-state index in [1.807, 2.05) is 25.1 Å². The number of sulfonamides is 1. The standard InChI is InChI=1S/C23H26ClFN2O5S/c1-15(17-5-6-21-22(13-17)32-12-11-31-21)26-23(28)16-7-9-27(10-8-16)33(29,30)14-18-19(24)3-2-4-20(18)25/h2-6,13,15-16H,7-12,14H2,1H3,(H,26,28)/t15-/m0/s1. The molecule has 2 heterocycles. The van der Waals surface area contributed by atoms with Gasteiger partial charge in [0.05, 0.1) is 11.8 Å². The van der Waals surface area contributed by atoms with Crippen molar-refractivity contribution in [1.82, 2.24) is 9.62 Å². The molecule has 2 aromatic rings. The van der Waals surface area contributed by atoms with Crippen LogP contribution in [-0.4, -0.2) is 44.9 Å². The molecule has 0 aliphatic carbocycles. The molecular formula is C23H26ClFN2O5S. The topological polar surface area (TPSA) is 84.9 Å². The largest absolute Gasteiger partial charge is 0.486 e. The quantitative estimate of drug-likeness (QED) is 0.659. The molecule has 2 aliphatic heterocycles. The summed E-state index contributed by atoms with van der Waals surface area (Å²) < 4.78 is 52.1. The molecule has 0 bridgehead atoms. The Morgan fingerprint density at radius 2 is 1.88 bits per heavy atom. The number of nitrogens with zero attached hydrogens (tertiary/aromatic N) is 1. The Labute approximate surface area is 197 Å². The summed E-state index contributed by atoms with van der Waals surface area (Å²) in [6.45, 7) is 3.29. The second kappa shape index (κ2) is 9.87. The molecule has 1 amide bonds. The molecule has 0 saturated carbocycles. The predicted octanol–water partition coefficient (Wildman–Crippen LogP) is 3.67. The van der Waals surface area contributed by atoms with Crippen LogP contribution in [0.5, 0.6) is 11.5 Å². The number of hydrogen-bond donors (Lipinski definition) is 1. The van der Waals surface area contributed by atoms with Gasteiger partial charge in [-0.05, 0) is 49.6 Å². The number of rotatable bonds is 6. The Kier molecular flexibility index (Phi) is 7.11. The summed E-state index contributed by atoms with van der Waals surface area (Å²) in [6, 6.07) is 9.44. The van der Waals surface area contributed by atoms with Gasteiger partial charge in [0.1, 0.15) is 19.0 Å². The monoisotopic (exact) mass is 496 g/mol. The van der Waals surface area contributed by atoms with Crippen molar-refractivity contribution in [3.05, 3.63) is 58.4 Å². The average molecular weight is 497 g/mol. The number of ether oxygens (including phenoxy) is 2. The number of amides is 1. The van der Waals surface area contributed by atoms with E-state index >= 15 is 0 Å². The first-order valence-corrected chi connectivity index (χ1v) is 12.8. The van der Waals surface area contributed by atoms with Gasteiger partial charge in [-0.1, -0.05) is 23.7 Å². The maximum absolute atomic E-state index is 14.0. The Bertz CT molecular complexity index is 1120. The molecule has 33 heavy (non-hydrogen) atoms. The van der Waals surface area contributed by atoms with Crippen molar-refractivity contribution in [1.29, 1.82) is 0 Å². The fourth-order valence-corrected chi connectivity index (χ4v) is 6.00. The van der Waals surface area contributed by atoms with Crippen molar-refractivity contribution in [3.8, 4) is 11.5 Å². The zero-order valence-electron chi connectivity index (χ0n) is 18.2. The lowest BCUT2D eigenvalue weighted by Gasteiger charge is -2.31. The van der Waals surface area contributed by atoms with Crippen LogP contribution in [0.4, 0.5) is 4.39 Å². The van der Waals surface area contributed by atoms with Gasteiger partial charge in [-0.3, -0.25) is 4.79 Å². The summed E-state index contributed by atoms with van der Waals surface area (Å²) in [6.07, 6.45) is 0.786. The smallest absolute Gasteiger partial charge is 0.223 e. The highest BCUT2D eigenvalue weighted by atomic mass is 35.5. The van der Waals surface area contributed by atoms with Crippen molar-refractivity contribution >= 4 is 27.5 Å². The number of carbonyl (C=O) groups excluding carboxylic acids is 1. The first-order valence-electron chi connectivity index (χ1n) is 10.9. The second-order valence-corrected chi connectivity index (χ2v) is 10.6. The van der Waals surface area contributed by atoms with Crippen molar-refractivity contribution in [2.75, 3.05) is 26.3 Å². The van der Waals surface area contributed by atoms with E-state index in [2.05, 4.69) is 5.32 Å². The highest BCUT2D eigenvalue weighted by Crippen LogP contribution is 2.33. The normalized spacial score (nSPS) is 18.0. The molecule has 1 saturated heterocycles. The summed E-state index contributed by atoms with van der Waals surface area (Å²) >= 11 is 5.99. The first kappa shape index (κ1) is 23.8. The number of carbonyl (C=O) groups is 1. The predicted molar refractivity (Wildman–Crippen MR) is 122 cm³/mol. The van der Waals surface area contributed by atoms with Gasteiger partial charge in [0, 0.05) is 29.6 Å². The lowest BCUT2D eigenvalue weighted by atomic mass is 9.96. The average Bonchev–Trinajstić information content (AvgIpc) is 2.81. The lowest BCUT2D eigenvalue weighted by Crippen LogP contribution is -2.43. The summed E-state index contributed by atoms with van der Waals surface area (Å²) in [5.74, 6) is -0.216. The molecule has 7 nitrogen and oxygen atoms in total. The van der Waals surface area contributed by atoms with E-state index in [4.69, 9.17) is 21.1 Å². The van der Waals surface area contributed by atoms with E-state index in [1.54, 1.807) is 0 Å².